The zero-order valence-corrected chi connectivity index (χ0v) is 9.54. The van der Waals surface area contributed by atoms with Crippen LogP contribution in [-0.2, 0) is 9.59 Å². The minimum absolute atomic E-state index is 0.126. The summed E-state index contributed by atoms with van der Waals surface area (Å²) < 4.78 is 0. The smallest absolute Gasteiger partial charge is 0.207 e. The molecule has 0 amide bonds. The molecule has 1 aliphatic rings. The number of thioether (sulfide) groups is 1. The summed E-state index contributed by atoms with van der Waals surface area (Å²) in [7, 11) is 0. The van der Waals surface area contributed by atoms with Gasteiger partial charge in [0.2, 0.25) is 5.12 Å². The van der Waals surface area contributed by atoms with E-state index in [4.69, 9.17) is 0 Å². The Morgan fingerprint density at radius 2 is 2.12 bits per heavy atom. The molecule has 2 rings (SSSR count). The van der Waals surface area contributed by atoms with E-state index >= 15 is 0 Å². The van der Waals surface area contributed by atoms with Crippen LogP contribution < -0.4 is 0 Å². The Balaban J connectivity index is 2.32. The molecule has 0 N–H and O–H groups in total. The Morgan fingerprint density at radius 3 is 2.69 bits per heavy atom. The van der Waals surface area contributed by atoms with Gasteiger partial charge in [0.05, 0.1) is 5.75 Å². The maximum atomic E-state index is 12.0. The molecule has 1 saturated heterocycles. The van der Waals surface area contributed by atoms with Crippen molar-refractivity contribution in [3.05, 3.63) is 35.4 Å². The first-order valence-electron chi connectivity index (χ1n) is 4.90. The molecule has 1 aliphatic heterocycles. The second-order valence-electron chi connectivity index (χ2n) is 3.74. The van der Waals surface area contributed by atoms with E-state index in [0.717, 1.165) is 17.3 Å². The second kappa shape index (κ2) is 4.22. The molecule has 0 radical (unpaired) electrons. The van der Waals surface area contributed by atoms with Crippen molar-refractivity contribution in [3.8, 4) is 0 Å². The SMILES string of the molecule is Cc1cccc(C(=O)C2C(=O)CSC2=O)c1. The molecule has 3 nitrogen and oxygen atoms in total. The normalized spacial score (nSPS) is 20.2. The highest BCUT2D eigenvalue weighted by Gasteiger charge is 2.39. The summed E-state index contributed by atoms with van der Waals surface area (Å²) in [5, 5.41) is -0.323. The van der Waals surface area contributed by atoms with Crippen molar-refractivity contribution in [1.82, 2.24) is 0 Å². The zero-order chi connectivity index (χ0) is 11.7. The van der Waals surface area contributed by atoms with Gasteiger partial charge >= 0.3 is 0 Å². The third kappa shape index (κ3) is 1.93. The third-order valence-corrected chi connectivity index (χ3v) is 3.43. The van der Waals surface area contributed by atoms with E-state index in [1.165, 1.54) is 0 Å². The Bertz CT molecular complexity index is 463. The average molecular weight is 234 g/mol. The van der Waals surface area contributed by atoms with Crippen LogP contribution in [0.15, 0.2) is 24.3 Å². The van der Waals surface area contributed by atoms with Crippen molar-refractivity contribution < 1.29 is 14.4 Å². The lowest BCUT2D eigenvalue weighted by molar-refractivity contribution is -0.123. The van der Waals surface area contributed by atoms with Crippen LogP contribution in [0.25, 0.3) is 0 Å². The molecule has 16 heavy (non-hydrogen) atoms. The highest BCUT2D eigenvalue weighted by Crippen LogP contribution is 2.26. The summed E-state index contributed by atoms with van der Waals surface area (Å²) in [6.45, 7) is 1.86. The predicted molar refractivity (Wildman–Crippen MR) is 61.5 cm³/mol. The molecule has 0 aliphatic carbocycles. The van der Waals surface area contributed by atoms with Gasteiger partial charge in [0, 0.05) is 5.56 Å². The molecule has 1 heterocycles. The lowest BCUT2D eigenvalue weighted by Gasteiger charge is -2.05. The quantitative estimate of drug-likeness (QED) is 0.576. The summed E-state index contributed by atoms with van der Waals surface area (Å²) in [6.07, 6.45) is 0. The highest BCUT2D eigenvalue weighted by molar-refractivity contribution is 8.15. The van der Waals surface area contributed by atoms with Gasteiger partial charge in [-0.1, -0.05) is 35.5 Å². The molecule has 0 bridgehead atoms. The second-order valence-corrected chi connectivity index (χ2v) is 4.72. The highest BCUT2D eigenvalue weighted by atomic mass is 32.2. The molecule has 1 fully saturated rings. The van der Waals surface area contributed by atoms with E-state index in [9.17, 15) is 14.4 Å². The summed E-state index contributed by atoms with van der Waals surface area (Å²) in [4.78, 5) is 34.8. The first-order valence-corrected chi connectivity index (χ1v) is 5.88. The van der Waals surface area contributed by atoms with Gasteiger partial charge in [-0.3, -0.25) is 14.4 Å². The summed E-state index contributed by atoms with van der Waals surface area (Å²) >= 11 is 0.931. The van der Waals surface area contributed by atoms with Gasteiger partial charge < -0.3 is 0 Å². The van der Waals surface area contributed by atoms with Gasteiger partial charge in [-0.25, -0.2) is 0 Å². The maximum absolute atomic E-state index is 12.0. The van der Waals surface area contributed by atoms with Gasteiger partial charge in [0.25, 0.3) is 0 Å². The number of rotatable bonds is 2. The fraction of sp³-hybridized carbons (Fsp3) is 0.250. The molecule has 1 aromatic carbocycles. The Morgan fingerprint density at radius 1 is 1.38 bits per heavy atom. The molecule has 1 atom stereocenters. The Kier molecular flexibility index (Phi) is 2.92. The lowest BCUT2D eigenvalue weighted by atomic mass is 9.95. The number of Topliss-reactive ketones (excluding diaryl/α,β-unsaturated/α-hetero) is 2. The molecular weight excluding hydrogens is 224 g/mol. The maximum Gasteiger partial charge on any atom is 0.207 e. The van der Waals surface area contributed by atoms with Crippen molar-refractivity contribution in [2.75, 3.05) is 5.75 Å². The number of carbonyl (C=O) groups excluding carboxylic acids is 3. The summed E-state index contributed by atoms with van der Waals surface area (Å²) in [5.74, 6) is -1.60. The van der Waals surface area contributed by atoms with Gasteiger partial charge in [-0.15, -0.1) is 0 Å². The van der Waals surface area contributed by atoms with Crippen LogP contribution in [0, 0.1) is 12.8 Å². The van der Waals surface area contributed by atoms with Crippen LogP contribution in [0.3, 0.4) is 0 Å². The van der Waals surface area contributed by atoms with E-state index in [1.54, 1.807) is 18.2 Å². The molecule has 0 spiro atoms. The van der Waals surface area contributed by atoms with E-state index in [-0.39, 0.29) is 22.4 Å². The van der Waals surface area contributed by atoms with Crippen LogP contribution in [0.4, 0.5) is 0 Å². The molecule has 1 aromatic rings. The molecule has 0 saturated carbocycles. The molecular formula is C12H10O3S. The Hall–Kier alpha value is -1.42. The minimum atomic E-state index is -1.08. The van der Waals surface area contributed by atoms with Crippen molar-refractivity contribution >= 4 is 28.4 Å². The Labute approximate surface area is 97.2 Å². The molecule has 0 aromatic heterocycles. The predicted octanol–water partition coefficient (Wildman–Crippen LogP) is 1.64. The topological polar surface area (TPSA) is 51.2 Å². The van der Waals surface area contributed by atoms with Crippen LogP contribution >= 0.6 is 11.8 Å². The number of benzene rings is 1. The van der Waals surface area contributed by atoms with Crippen molar-refractivity contribution in [3.63, 3.8) is 0 Å². The van der Waals surface area contributed by atoms with Crippen LogP contribution in [-0.4, -0.2) is 22.4 Å². The van der Waals surface area contributed by atoms with Crippen LogP contribution in [0.1, 0.15) is 15.9 Å². The zero-order valence-electron chi connectivity index (χ0n) is 8.73. The molecule has 4 heteroatoms. The third-order valence-electron chi connectivity index (χ3n) is 2.48. The van der Waals surface area contributed by atoms with Gasteiger partial charge in [-0.2, -0.15) is 0 Å². The number of ketones is 2. The number of carbonyl (C=O) groups is 3. The first-order chi connectivity index (χ1) is 7.59. The standard InChI is InChI=1S/C12H10O3S/c1-7-3-2-4-8(5-7)11(14)10-9(13)6-16-12(10)15/h2-5,10H,6H2,1H3. The van der Waals surface area contributed by atoms with Crippen molar-refractivity contribution in [2.24, 2.45) is 5.92 Å². The molecule has 82 valence electrons. The van der Waals surface area contributed by atoms with E-state index in [0.29, 0.717) is 5.56 Å². The number of aryl methyl sites for hydroxylation is 1. The van der Waals surface area contributed by atoms with Crippen molar-refractivity contribution in [1.29, 1.82) is 0 Å². The molecule has 1 unspecified atom stereocenters. The van der Waals surface area contributed by atoms with Gasteiger partial charge in [0.1, 0.15) is 0 Å². The fourth-order valence-electron chi connectivity index (χ4n) is 1.66. The van der Waals surface area contributed by atoms with E-state index in [1.807, 2.05) is 13.0 Å². The fourth-order valence-corrected chi connectivity index (χ4v) is 2.51. The summed E-state index contributed by atoms with van der Waals surface area (Å²) in [5.41, 5.74) is 1.38. The van der Waals surface area contributed by atoms with E-state index < -0.39 is 5.92 Å². The van der Waals surface area contributed by atoms with Crippen molar-refractivity contribution in [2.45, 2.75) is 6.92 Å². The van der Waals surface area contributed by atoms with Gasteiger partial charge in [0.15, 0.2) is 17.5 Å². The first kappa shape index (κ1) is 11.1. The lowest BCUT2D eigenvalue weighted by Crippen LogP contribution is -2.25. The largest absolute Gasteiger partial charge is 0.297 e. The van der Waals surface area contributed by atoms with Crippen LogP contribution in [0.5, 0.6) is 0 Å². The monoisotopic (exact) mass is 234 g/mol. The number of hydrogen-bond donors (Lipinski definition) is 0. The van der Waals surface area contributed by atoms with E-state index in [2.05, 4.69) is 0 Å². The number of hydrogen-bond acceptors (Lipinski definition) is 4. The van der Waals surface area contributed by atoms with Crippen LogP contribution in [0.2, 0.25) is 0 Å². The average Bonchev–Trinajstić information content (AvgIpc) is 2.58. The summed E-state index contributed by atoms with van der Waals surface area (Å²) in [6, 6.07) is 6.95. The minimum Gasteiger partial charge on any atom is -0.297 e. The van der Waals surface area contributed by atoms with Gasteiger partial charge in [-0.05, 0) is 13.0 Å².